The lowest BCUT2D eigenvalue weighted by molar-refractivity contribution is -0.115. The Morgan fingerprint density at radius 1 is 1.00 bits per heavy atom. The molecule has 0 fully saturated rings. The van der Waals surface area contributed by atoms with Crippen molar-refractivity contribution in [2.24, 2.45) is 0 Å². The van der Waals surface area contributed by atoms with Gasteiger partial charge in [0.1, 0.15) is 0 Å². The average molecular weight is 334 g/mol. The van der Waals surface area contributed by atoms with Crippen molar-refractivity contribution in [3.63, 3.8) is 0 Å². The first kappa shape index (κ1) is 17.0. The summed E-state index contributed by atoms with van der Waals surface area (Å²) in [6, 6.07) is 21.8. The van der Waals surface area contributed by atoms with E-state index in [0.29, 0.717) is 13.0 Å². The minimum Gasteiger partial charge on any atom is -0.395 e. The second-order valence-corrected chi connectivity index (χ2v) is 6.10. The fraction of sp³-hybridized carbons (Fsp3) is 0.190. The molecule has 0 unspecified atom stereocenters. The maximum absolute atomic E-state index is 12.3. The first-order valence-corrected chi connectivity index (χ1v) is 8.35. The molecule has 4 nitrogen and oxygen atoms in total. The van der Waals surface area contributed by atoms with Crippen LogP contribution in [0.2, 0.25) is 0 Å². The number of fused-ring (bicyclic) bond motifs is 1. The molecule has 0 spiro atoms. The molecule has 0 bridgehead atoms. The molecule has 0 aliphatic rings. The zero-order valence-electron chi connectivity index (χ0n) is 14.3. The molecule has 0 saturated heterocycles. The van der Waals surface area contributed by atoms with Crippen LogP contribution >= 0.6 is 0 Å². The van der Waals surface area contributed by atoms with Crippen LogP contribution in [0.25, 0.3) is 10.8 Å². The topological polar surface area (TPSA) is 52.6 Å². The van der Waals surface area contributed by atoms with Gasteiger partial charge in [-0.25, -0.2) is 0 Å². The van der Waals surface area contributed by atoms with E-state index >= 15 is 0 Å². The highest BCUT2D eigenvalue weighted by Crippen LogP contribution is 2.18. The Bertz CT molecular complexity index is 859. The monoisotopic (exact) mass is 334 g/mol. The number of aliphatic hydroxyl groups excluding tert-OH is 1. The quantitative estimate of drug-likeness (QED) is 0.726. The van der Waals surface area contributed by atoms with E-state index in [-0.39, 0.29) is 12.5 Å². The van der Waals surface area contributed by atoms with Crippen LogP contribution in [0.3, 0.4) is 0 Å². The summed E-state index contributed by atoms with van der Waals surface area (Å²) in [5, 5.41) is 14.2. The molecule has 0 aliphatic heterocycles. The normalized spacial score (nSPS) is 10.6. The number of aliphatic hydroxyl groups is 1. The Morgan fingerprint density at radius 2 is 1.72 bits per heavy atom. The Labute approximate surface area is 147 Å². The van der Waals surface area contributed by atoms with Crippen LogP contribution in [0.1, 0.15) is 5.56 Å². The molecule has 0 atom stereocenters. The highest BCUT2D eigenvalue weighted by Gasteiger charge is 2.06. The fourth-order valence-electron chi connectivity index (χ4n) is 2.82. The molecule has 25 heavy (non-hydrogen) atoms. The number of nitrogens with zero attached hydrogens (tertiary/aromatic N) is 1. The van der Waals surface area contributed by atoms with Crippen molar-refractivity contribution in [2.45, 2.75) is 6.42 Å². The summed E-state index contributed by atoms with van der Waals surface area (Å²) in [6.45, 7) is 0.689. The number of amides is 1. The number of likely N-dealkylation sites (N-methyl/N-ethyl adjacent to an activating group) is 1. The van der Waals surface area contributed by atoms with Crippen molar-refractivity contribution in [3.05, 3.63) is 72.3 Å². The lowest BCUT2D eigenvalue weighted by atomic mass is 10.0. The van der Waals surface area contributed by atoms with Crippen LogP contribution in [0.4, 0.5) is 11.4 Å². The maximum atomic E-state index is 12.3. The van der Waals surface area contributed by atoms with Crippen LogP contribution < -0.4 is 10.2 Å². The molecule has 0 saturated carbocycles. The molecule has 4 heteroatoms. The van der Waals surface area contributed by atoms with Crippen LogP contribution in [0, 0.1) is 0 Å². The number of benzene rings is 3. The third-order valence-electron chi connectivity index (χ3n) is 4.21. The van der Waals surface area contributed by atoms with Crippen molar-refractivity contribution < 1.29 is 9.90 Å². The molecular formula is C21H22N2O2. The van der Waals surface area contributed by atoms with E-state index in [0.717, 1.165) is 22.3 Å². The van der Waals surface area contributed by atoms with E-state index < -0.39 is 0 Å². The molecule has 0 aromatic heterocycles. The van der Waals surface area contributed by atoms with Gasteiger partial charge in [0.15, 0.2) is 0 Å². The summed E-state index contributed by atoms with van der Waals surface area (Å²) < 4.78 is 0. The molecule has 2 N–H and O–H groups in total. The zero-order valence-corrected chi connectivity index (χ0v) is 14.3. The van der Waals surface area contributed by atoms with Crippen LogP contribution in [0.5, 0.6) is 0 Å². The summed E-state index contributed by atoms with van der Waals surface area (Å²) in [6.07, 6.45) is 0.344. The number of hydrogen-bond donors (Lipinski definition) is 2. The SMILES string of the molecule is CN(CCO)c1ccc(NC(=O)Cc2ccc3ccccc3c2)cc1. The van der Waals surface area contributed by atoms with E-state index in [9.17, 15) is 4.79 Å². The summed E-state index contributed by atoms with van der Waals surface area (Å²) in [4.78, 5) is 14.2. The van der Waals surface area contributed by atoms with Crippen molar-refractivity contribution in [1.29, 1.82) is 0 Å². The second-order valence-electron chi connectivity index (χ2n) is 6.10. The van der Waals surface area contributed by atoms with Crippen LogP contribution in [-0.4, -0.2) is 31.2 Å². The van der Waals surface area contributed by atoms with E-state index in [1.165, 1.54) is 5.39 Å². The number of nitrogens with one attached hydrogen (secondary N) is 1. The predicted molar refractivity (Wildman–Crippen MR) is 103 cm³/mol. The summed E-state index contributed by atoms with van der Waals surface area (Å²) in [5.74, 6) is -0.0354. The van der Waals surface area contributed by atoms with Gasteiger partial charge >= 0.3 is 0 Å². The molecule has 1 amide bonds. The van der Waals surface area contributed by atoms with Crippen molar-refractivity contribution in [1.82, 2.24) is 0 Å². The predicted octanol–water partition coefficient (Wildman–Crippen LogP) is 3.45. The van der Waals surface area contributed by atoms with Gasteiger partial charge in [0, 0.05) is 25.0 Å². The molecule has 0 aliphatic carbocycles. The van der Waals surface area contributed by atoms with Crippen LogP contribution in [-0.2, 0) is 11.2 Å². The first-order valence-electron chi connectivity index (χ1n) is 8.35. The van der Waals surface area contributed by atoms with Gasteiger partial charge in [-0.1, -0.05) is 42.5 Å². The standard InChI is InChI=1S/C21H22N2O2/c1-23(12-13-24)20-10-8-19(9-11-20)22-21(25)15-16-6-7-17-4-2-3-5-18(17)14-16/h2-11,14,24H,12-13,15H2,1H3,(H,22,25). The zero-order chi connectivity index (χ0) is 17.6. The molecular weight excluding hydrogens is 312 g/mol. The maximum Gasteiger partial charge on any atom is 0.228 e. The second kappa shape index (κ2) is 7.81. The fourth-order valence-corrected chi connectivity index (χ4v) is 2.82. The third kappa shape index (κ3) is 4.37. The third-order valence-corrected chi connectivity index (χ3v) is 4.21. The Hall–Kier alpha value is -2.85. The largest absolute Gasteiger partial charge is 0.395 e. The van der Waals surface area contributed by atoms with Crippen LogP contribution in [0.15, 0.2) is 66.7 Å². The smallest absolute Gasteiger partial charge is 0.228 e. The van der Waals surface area contributed by atoms with E-state index in [1.807, 2.05) is 60.5 Å². The van der Waals surface area contributed by atoms with Gasteiger partial charge in [0.25, 0.3) is 0 Å². The number of carbonyl (C=O) groups excluding carboxylic acids is 1. The van der Waals surface area contributed by atoms with Gasteiger partial charge in [-0.2, -0.15) is 0 Å². The molecule has 0 radical (unpaired) electrons. The van der Waals surface area contributed by atoms with Gasteiger partial charge in [-0.15, -0.1) is 0 Å². The van der Waals surface area contributed by atoms with E-state index in [4.69, 9.17) is 5.11 Å². The summed E-state index contributed by atoms with van der Waals surface area (Å²) >= 11 is 0. The highest BCUT2D eigenvalue weighted by molar-refractivity contribution is 5.93. The Balaban J connectivity index is 1.63. The number of hydrogen-bond acceptors (Lipinski definition) is 3. The number of anilines is 2. The lowest BCUT2D eigenvalue weighted by Crippen LogP contribution is -2.21. The molecule has 3 aromatic rings. The Kier molecular flexibility index (Phi) is 5.31. The van der Waals surface area contributed by atoms with Crippen molar-refractivity contribution in [3.8, 4) is 0 Å². The average Bonchev–Trinajstić information content (AvgIpc) is 2.62. The molecule has 128 valence electrons. The van der Waals surface area contributed by atoms with Gasteiger partial charge in [0.05, 0.1) is 13.0 Å². The first-order chi connectivity index (χ1) is 12.2. The summed E-state index contributed by atoms with van der Waals surface area (Å²) in [5.41, 5.74) is 2.77. The minimum absolute atomic E-state index is 0.0354. The summed E-state index contributed by atoms with van der Waals surface area (Å²) in [7, 11) is 1.92. The van der Waals surface area contributed by atoms with Gasteiger partial charge in [-0.3, -0.25) is 4.79 Å². The van der Waals surface area contributed by atoms with Gasteiger partial charge in [-0.05, 0) is 40.6 Å². The highest BCUT2D eigenvalue weighted by atomic mass is 16.3. The van der Waals surface area contributed by atoms with Crippen molar-refractivity contribution >= 4 is 28.1 Å². The van der Waals surface area contributed by atoms with Crippen molar-refractivity contribution in [2.75, 3.05) is 30.4 Å². The Morgan fingerprint density at radius 3 is 2.44 bits per heavy atom. The minimum atomic E-state index is -0.0354. The number of rotatable bonds is 6. The van der Waals surface area contributed by atoms with E-state index in [2.05, 4.69) is 23.5 Å². The molecule has 0 heterocycles. The lowest BCUT2D eigenvalue weighted by Gasteiger charge is -2.18. The van der Waals surface area contributed by atoms with Gasteiger partial charge < -0.3 is 15.3 Å². The van der Waals surface area contributed by atoms with E-state index in [1.54, 1.807) is 0 Å². The number of carbonyl (C=O) groups is 1. The molecule has 3 rings (SSSR count). The molecule has 3 aromatic carbocycles. The van der Waals surface area contributed by atoms with Gasteiger partial charge in [0.2, 0.25) is 5.91 Å².